The van der Waals surface area contributed by atoms with Gasteiger partial charge in [0.1, 0.15) is 5.15 Å². The number of nitrogens with zero attached hydrogens (tertiary/aromatic N) is 1. The molecule has 2 fully saturated rings. The fraction of sp³-hybridized carbons (Fsp3) is 0.643. The molecule has 3 nitrogen and oxygen atoms in total. The van der Waals surface area contributed by atoms with Crippen molar-refractivity contribution in [3.63, 3.8) is 0 Å². The zero-order valence-electron chi connectivity index (χ0n) is 10.7. The predicted octanol–water partition coefficient (Wildman–Crippen LogP) is 3.49. The smallest absolute Gasteiger partial charge is 0.129 e. The molecule has 98 valence electrons. The number of anilines is 1. The van der Waals surface area contributed by atoms with Crippen molar-refractivity contribution in [2.75, 3.05) is 11.9 Å². The van der Waals surface area contributed by atoms with Gasteiger partial charge in [0, 0.05) is 18.1 Å². The third-order valence-corrected chi connectivity index (χ3v) is 4.73. The van der Waals surface area contributed by atoms with E-state index in [9.17, 15) is 0 Å². The quantitative estimate of drug-likeness (QED) is 0.847. The van der Waals surface area contributed by atoms with Gasteiger partial charge < -0.3 is 10.1 Å². The Bertz CT molecular complexity index is 416. The van der Waals surface area contributed by atoms with Gasteiger partial charge in [0.05, 0.1) is 18.0 Å². The molecule has 0 aromatic carbocycles. The first-order valence-electron chi connectivity index (χ1n) is 6.74. The summed E-state index contributed by atoms with van der Waals surface area (Å²) in [6.45, 7) is 2.90. The van der Waals surface area contributed by atoms with Gasteiger partial charge in [-0.1, -0.05) is 18.0 Å². The molecular formula is C14H19ClN2O. The summed E-state index contributed by atoms with van der Waals surface area (Å²) in [6, 6.07) is 4.36. The normalized spacial score (nSPS) is 28.6. The van der Waals surface area contributed by atoms with Crippen molar-refractivity contribution in [1.29, 1.82) is 0 Å². The fourth-order valence-corrected chi connectivity index (χ4v) is 3.41. The van der Waals surface area contributed by atoms with E-state index in [0.29, 0.717) is 22.7 Å². The van der Waals surface area contributed by atoms with Crippen molar-refractivity contribution in [2.45, 2.75) is 44.8 Å². The van der Waals surface area contributed by atoms with Gasteiger partial charge in [-0.3, -0.25) is 0 Å². The molecule has 1 aromatic rings. The second-order valence-corrected chi connectivity index (χ2v) is 5.72. The van der Waals surface area contributed by atoms with Crippen LogP contribution in [-0.2, 0) is 4.74 Å². The molecule has 1 spiro atoms. The van der Waals surface area contributed by atoms with Crippen LogP contribution in [0, 0.1) is 5.41 Å². The molecule has 4 heteroatoms. The SMILES string of the molecule is CCOC1CC(Nc2ccc(Cl)nc2)C12CCC2. The predicted molar refractivity (Wildman–Crippen MR) is 73.0 cm³/mol. The minimum atomic E-state index is 0.385. The van der Waals surface area contributed by atoms with Crippen LogP contribution < -0.4 is 5.32 Å². The molecule has 0 bridgehead atoms. The standard InChI is InChI=1S/C14H19ClN2O/c1-2-18-12-8-11(14(12)6-3-7-14)17-10-4-5-13(15)16-9-10/h4-5,9,11-12,17H,2-3,6-8H2,1H3. The lowest BCUT2D eigenvalue weighted by molar-refractivity contribution is -0.157. The van der Waals surface area contributed by atoms with Gasteiger partial charge in [0.2, 0.25) is 0 Å². The van der Waals surface area contributed by atoms with E-state index in [2.05, 4.69) is 17.2 Å². The third kappa shape index (κ3) is 1.90. The molecule has 2 aliphatic rings. The second-order valence-electron chi connectivity index (χ2n) is 5.33. The number of hydrogen-bond acceptors (Lipinski definition) is 3. The number of hydrogen-bond donors (Lipinski definition) is 1. The number of halogens is 1. The number of pyridine rings is 1. The molecule has 1 heterocycles. The summed E-state index contributed by atoms with van der Waals surface area (Å²) in [5.74, 6) is 0. The number of rotatable bonds is 4. The highest BCUT2D eigenvalue weighted by Crippen LogP contribution is 2.58. The third-order valence-electron chi connectivity index (χ3n) is 4.51. The Labute approximate surface area is 113 Å². The van der Waals surface area contributed by atoms with Crippen molar-refractivity contribution in [1.82, 2.24) is 4.98 Å². The first kappa shape index (κ1) is 12.2. The highest BCUT2D eigenvalue weighted by atomic mass is 35.5. The van der Waals surface area contributed by atoms with Gasteiger partial charge in [-0.15, -0.1) is 0 Å². The number of nitrogens with one attached hydrogen (secondary N) is 1. The van der Waals surface area contributed by atoms with Gasteiger partial charge >= 0.3 is 0 Å². The van der Waals surface area contributed by atoms with Crippen LogP contribution in [0.15, 0.2) is 18.3 Å². The minimum Gasteiger partial charge on any atom is -0.380 e. The summed E-state index contributed by atoms with van der Waals surface area (Å²) in [7, 11) is 0. The zero-order chi connectivity index (χ0) is 12.6. The monoisotopic (exact) mass is 266 g/mol. The van der Waals surface area contributed by atoms with E-state index in [1.165, 1.54) is 19.3 Å². The van der Waals surface area contributed by atoms with Crippen LogP contribution in [-0.4, -0.2) is 23.7 Å². The van der Waals surface area contributed by atoms with Gasteiger partial charge in [-0.05, 0) is 38.3 Å². The first-order chi connectivity index (χ1) is 8.74. The summed E-state index contributed by atoms with van der Waals surface area (Å²) in [5.41, 5.74) is 1.45. The van der Waals surface area contributed by atoms with E-state index in [4.69, 9.17) is 16.3 Å². The summed E-state index contributed by atoms with van der Waals surface area (Å²) in [6.07, 6.45) is 7.28. The molecule has 0 aliphatic heterocycles. The number of ether oxygens (including phenoxy) is 1. The molecule has 2 atom stereocenters. The molecule has 2 aliphatic carbocycles. The molecular weight excluding hydrogens is 248 g/mol. The van der Waals surface area contributed by atoms with E-state index in [1.54, 1.807) is 0 Å². The molecule has 0 radical (unpaired) electrons. The first-order valence-corrected chi connectivity index (χ1v) is 7.12. The lowest BCUT2D eigenvalue weighted by Gasteiger charge is -2.61. The summed E-state index contributed by atoms with van der Waals surface area (Å²) in [5, 5.41) is 4.13. The maximum absolute atomic E-state index is 5.85. The Morgan fingerprint density at radius 2 is 2.33 bits per heavy atom. The van der Waals surface area contributed by atoms with Crippen LogP contribution in [0.3, 0.4) is 0 Å². The average Bonchev–Trinajstić information content (AvgIpc) is 2.28. The van der Waals surface area contributed by atoms with Crippen molar-refractivity contribution in [3.05, 3.63) is 23.5 Å². The van der Waals surface area contributed by atoms with Crippen LogP contribution in [0.25, 0.3) is 0 Å². The van der Waals surface area contributed by atoms with Crippen LogP contribution in [0.4, 0.5) is 5.69 Å². The Balaban J connectivity index is 1.66. The highest BCUT2D eigenvalue weighted by molar-refractivity contribution is 6.29. The Morgan fingerprint density at radius 1 is 1.50 bits per heavy atom. The zero-order valence-corrected chi connectivity index (χ0v) is 11.4. The minimum absolute atomic E-state index is 0.385. The summed E-state index contributed by atoms with van der Waals surface area (Å²) in [4.78, 5) is 4.11. The van der Waals surface area contributed by atoms with Gasteiger partial charge in [-0.25, -0.2) is 4.98 Å². The lowest BCUT2D eigenvalue weighted by atomic mass is 9.51. The van der Waals surface area contributed by atoms with Crippen LogP contribution in [0.2, 0.25) is 5.15 Å². The highest BCUT2D eigenvalue weighted by Gasteiger charge is 2.58. The second kappa shape index (κ2) is 4.71. The van der Waals surface area contributed by atoms with E-state index < -0.39 is 0 Å². The molecule has 18 heavy (non-hydrogen) atoms. The van der Waals surface area contributed by atoms with E-state index >= 15 is 0 Å². The van der Waals surface area contributed by atoms with Gasteiger partial charge in [-0.2, -0.15) is 0 Å². The summed E-state index contributed by atoms with van der Waals surface area (Å²) >= 11 is 5.80. The molecule has 2 unspecified atom stereocenters. The maximum Gasteiger partial charge on any atom is 0.129 e. The molecule has 1 N–H and O–H groups in total. The maximum atomic E-state index is 5.85. The average molecular weight is 267 g/mol. The van der Waals surface area contributed by atoms with E-state index in [0.717, 1.165) is 18.7 Å². The van der Waals surface area contributed by atoms with Crippen molar-refractivity contribution in [3.8, 4) is 0 Å². The number of aromatic nitrogens is 1. The largest absolute Gasteiger partial charge is 0.380 e. The van der Waals surface area contributed by atoms with E-state index in [-0.39, 0.29) is 0 Å². The van der Waals surface area contributed by atoms with Gasteiger partial charge in [0.15, 0.2) is 0 Å². The topological polar surface area (TPSA) is 34.1 Å². The van der Waals surface area contributed by atoms with Gasteiger partial charge in [0.25, 0.3) is 0 Å². The Kier molecular flexibility index (Phi) is 3.20. The van der Waals surface area contributed by atoms with Crippen molar-refractivity contribution >= 4 is 17.3 Å². The molecule has 0 amide bonds. The van der Waals surface area contributed by atoms with E-state index in [1.807, 2.05) is 18.3 Å². The van der Waals surface area contributed by atoms with Crippen LogP contribution in [0.5, 0.6) is 0 Å². The fourth-order valence-electron chi connectivity index (χ4n) is 3.30. The molecule has 3 rings (SSSR count). The van der Waals surface area contributed by atoms with Crippen LogP contribution in [0.1, 0.15) is 32.6 Å². The van der Waals surface area contributed by atoms with Crippen molar-refractivity contribution in [2.24, 2.45) is 5.41 Å². The Hall–Kier alpha value is -0.800. The summed E-state index contributed by atoms with van der Waals surface area (Å²) < 4.78 is 5.85. The molecule has 0 saturated heterocycles. The molecule has 2 saturated carbocycles. The van der Waals surface area contributed by atoms with Crippen LogP contribution >= 0.6 is 11.6 Å². The Morgan fingerprint density at radius 3 is 2.89 bits per heavy atom. The molecule has 1 aromatic heterocycles. The van der Waals surface area contributed by atoms with Crippen molar-refractivity contribution < 1.29 is 4.74 Å². The lowest BCUT2D eigenvalue weighted by Crippen LogP contribution is -2.64.